The molecule has 1 aromatic carbocycles. The van der Waals surface area contributed by atoms with Crippen molar-refractivity contribution >= 4 is 49.3 Å². The highest BCUT2D eigenvalue weighted by Crippen LogP contribution is 2.33. The number of carbonyl (C=O) groups is 2. The minimum atomic E-state index is -3.67. The van der Waals surface area contributed by atoms with Crippen LogP contribution in [0.25, 0.3) is 11.0 Å². The summed E-state index contributed by atoms with van der Waals surface area (Å²) >= 11 is 1.26. The van der Waals surface area contributed by atoms with E-state index in [1.165, 1.54) is 43.6 Å². The van der Waals surface area contributed by atoms with Gasteiger partial charge in [-0.05, 0) is 49.7 Å². The Labute approximate surface area is 188 Å². The highest BCUT2D eigenvalue weighted by Gasteiger charge is 2.23. The minimum absolute atomic E-state index is 0.0372. The van der Waals surface area contributed by atoms with E-state index in [0.717, 1.165) is 19.6 Å². The van der Waals surface area contributed by atoms with Crippen LogP contribution in [0, 0.1) is 13.8 Å². The number of anilines is 1. The largest absolute Gasteiger partial charge is 0.462 e. The highest BCUT2D eigenvalue weighted by molar-refractivity contribution is 7.89. The first-order chi connectivity index (χ1) is 15.1. The molecule has 172 valence electrons. The van der Waals surface area contributed by atoms with Gasteiger partial charge in [0.15, 0.2) is 6.61 Å². The van der Waals surface area contributed by atoms with E-state index in [1.807, 2.05) is 6.92 Å². The van der Waals surface area contributed by atoms with Crippen LogP contribution in [-0.2, 0) is 19.6 Å². The van der Waals surface area contributed by atoms with Crippen molar-refractivity contribution in [2.45, 2.75) is 25.7 Å². The zero-order chi connectivity index (χ0) is 23.6. The lowest BCUT2D eigenvalue weighted by Gasteiger charge is -2.11. The van der Waals surface area contributed by atoms with Gasteiger partial charge in [-0.25, -0.2) is 17.5 Å². The average Bonchev–Trinajstić information content (AvgIpc) is 3.26. The third kappa shape index (κ3) is 4.59. The molecule has 0 spiro atoms. The summed E-state index contributed by atoms with van der Waals surface area (Å²) in [6, 6.07) is 4.29. The number of aryl methyl sites for hydroxylation is 1. The molecule has 0 unspecified atom stereocenters. The monoisotopic (exact) mass is 481 g/mol. The fourth-order valence-corrected chi connectivity index (χ4v) is 4.78. The number of hydrogen-bond acceptors (Lipinski definition) is 9. The number of esters is 1. The fourth-order valence-electron chi connectivity index (χ4n) is 2.79. The number of benzene rings is 1. The number of nitrogens with one attached hydrogen (secondary N) is 1. The van der Waals surface area contributed by atoms with Crippen LogP contribution in [0.5, 0.6) is 0 Å². The molecule has 0 fully saturated rings. The number of amides is 1. The molecular weight excluding hydrogens is 458 g/mol. The van der Waals surface area contributed by atoms with E-state index in [0.29, 0.717) is 16.1 Å². The van der Waals surface area contributed by atoms with Gasteiger partial charge in [0.1, 0.15) is 16.0 Å². The number of nitrogens with zero attached hydrogens (tertiary/aromatic N) is 4. The Morgan fingerprint density at radius 2 is 1.97 bits per heavy atom. The van der Waals surface area contributed by atoms with E-state index in [9.17, 15) is 18.0 Å². The molecule has 0 aliphatic carbocycles. The molecule has 3 rings (SSSR count). The van der Waals surface area contributed by atoms with Gasteiger partial charge in [-0.1, -0.05) is 4.85 Å². The van der Waals surface area contributed by atoms with E-state index in [2.05, 4.69) is 15.6 Å². The van der Waals surface area contributed by atoms with Crippen LogP contribution < -0.4 is 10.2 Å². The summed E-state index contributed by atoms with van der Waals surface area (Å²) in [6.45, 7) is 5.10. The van der Waals surface area contributed by atoms with Crippen molar-refractivity contribution < 1.29 is 27.6 Å². The van der Waals surface area contributed by atoms with Crippen molar-refractivity contribution in [2.75, 3.05) is 32.6 Å². The number of fused-ring (bicyclic) bond motifs is 1. The van der Waals surface area contributed by atoms with Crippen molar-refractivity contribution in [3.63, 3.8) is 0 Å². The number of carbonyl (C=O) groups excluding carboxylic acids is 2. The van der Waals surface area contributed by atoms with Gasteiger partial charge in [-0.3, -0.25) is 4.79 Å². The zero-order valence-electron chi connectivity index (χ0n) is 18.2. The molecule has 0 saturated carbocycles. The molecule has 0 aliphatic heterocycles. The highest BCUT2D eigenvalue weighted by atomic mass is 32.2. The van der Waals surface area contributed by atoms with Crippen molar-refractivity contribution in [2.24, 2.45) is 0 Å². The van der Waals surface area contributed by atoms with Crippen LogP contribution in [0.3, 0.4) is 0 Å². The molecule has 0 bridgehead atoms. The molecule has 0 saturated heterocycles. The summed E-state index contributed by atoms with van der Waals surface area (Å²) in [7, 11) is -0.817. The number of hydrogen-bond donors (Lipinski definition) is 1. The Bertz CT molecular complexity index is 1280. The van der Waals surface area contributed by atoms with E-state index in [4.69, 9.17) is 9.57 Å². The molecular formula is C19H23N5O6S2. The minimum Gasteiger partial charge on any atom is -0.462 e. The van der Waals surface area contributed by atoms with Crippen molar-refractivity contribution in [3.8, 4) is 0 Å². The lowest BCUT2D eigenvalue weighted by Crippen LogP contribution is -2.26. The zero-order valence-corrected chi connectivity index (χ0v) is 19.8. The lowest BCUT2D eigenvalue weighted by molar-refractivity contribution is -0.121. The molecule has 0 aliphatic rings. The lowest BCUT2D eigenvalue weighted by atomic mass is 10.1. The molecule has 11 nitrogen and oxygen atoms in total. The molecule has 32 heavy (non-hydrogen) atoms. The third-order valence-corrected chi connectivity index (χ3v) is 7.53. The fraction of sp³-hybridized carbons (Fsp3) is 0.368. The number of rotatable bonds is 8. The smallest absolute Gasteiger partial charge is 0.341 e. The maximum atomic E-state index is 12.5. The molecule has 1 amide bonds. The van der Waals surface area contributed by atoms with E-state index < -0.39 is 28.5 Å². The summed E-state index contributed by atoms with van der Waals surface area (Å²) in [5.74, 6) is -1.04. The molecule has 2 aromatic heterocycles. The van der Waals surface area contributed by atoms with Crippen LogP contribution in [0.2, 0.25) is 0 Å². The number of aromatic nitrogens is 3. The molecule has 13 heteroatoms. The van der Waals surface area contributed by atoms with Gasteiger partial charge in [0, 0.05) is 19.0 Å². The predicted molar refractivity (Wildman–Crippen MR) is 118 cm³/mol. The third-order valence-electron chi connectivity index (χ3n) is 4.60. The van der Waals surface area contributed by atoms with Crippen molar-refractivity contribution in [1.82, 2.24) is 19.5 Å². The second-order valence-corrected chi connectivity index (χ2v) is 10.3. The first kappa shape index (κ1) is 23.6. The van der Waals surface area contributed by atoms with Gasteiger partial charge >= 0.3 is 5.97 Å². The van der Waals surface area contributed by atoms with Crippen LogP contribution in [0.15, 0.2) is 23.1 Å². The summed E-state index contributed by atoms with van der Waals surface area (Å²) in [5.41, 5.74) is 1.74. The van der Waals surface area contributed by atoms with Gasteiger partial charge in [-0.2, -0.15) is 0 Å². The van der Waals surface area contributed by atoms with E-state index in [1.54, 1.807) is 13.8 Å². The Kier molecular flexibility index (Phi) is 6.81. The number of sulfonamides is 1. The molecule has 2 heterocycles. The Morgan fingerprint density at radius 1 is 1.25 bits per heavy atom. The van der Waals surface area contributed by atoms with Gasteiger partial charge in [0.25, 0.3) is 5.91 Å². The first-order valence-corrected chi connectivity index (χ1v) is 11.8. The van der Waals surface area contributed by atoms with Gasteiger partial charge in [0.2, 0.25) is 10.0 Å². The van der Waals surface area contributed by atoms with Crippen LogP contribution in [0.4, 0.5) is 5.00 Å². The van der Waals surface area contributed by atoms with Gasteiger partial charge in [-0.15, -0.1) is 16.4 Å². The maximum absolute atomic E-state index is 12.5. The van der Waals surface area contributed by atoms with Crippen molar-refractivity contribution in [3.05, 3.63) is 34.2 Å². The average molecular weight is 482 g/mol. The molecule has 0 radical (unpaired) electrons. The van der Waals surface area contributed by atoms with E-state index in [-0.39, 0.29) is 17.0 Å². The van der Waals surface area contributed by atoms with Crippen LogP contribution in [0.1, 0.15) is 27.7 Å². The van der Waals surface area contributed by atoms with Crippen LogP contribution >= 0.6 is 11.3 Å². The first-order valence-electron chi connectivity index (χ1n) is 9.54. The van der Waals surface area contributed by atoms with Crippen molar-refractivity contribution in [1.29, 1.82) is 0 Å². The summed E-state index contributed by atoms with van der Waals surface area (Å²) in [4.78, 5) is 32.0. The Balaban J connectivity index is 1.77. The quantitative estimate of drug-likeness (QED) is 0.480. The molecule has 1 N–H and O–H groups in total. The summed E-state index contributed by atoms with van der Waals surface area (Å²) < 4.78 is 30.9. The maximum Gasteiger partial charge on any atom is 0.341 e. The number of thiophene rings is 1. The van der Waals surface area contributed by atoms with Crippen LogP contribution in [-0.4, -0.2) is 67.1 Å². The van der Waals surface area contributed by atoms with Gasteiger partial charge in [0.05, 0.1) is 17.1 Å². The number of ether oxygens (including phenoxy) is 1. The second-order valence-electron chi connectivity index (χ2n) is 6.93. The SMILES string of the molecule is CCOC(=O)c1c(NC(=O)COn2nnc3ccc(S(=O)(=O)N(C)C)cc32)sc(C)c1C. The predicted octanol–water partition coefficient (Wildman–Crippen LogP) is 1.60. The molecule has 3 aromatic rings. The summed E-state index contributed by atoms with van der Waals surface area (Å²) in [6.07, 6.45) is 0. The molecule has 0 atom stereocenters. The topological polar surface area (TPSA) is 133 Å². The van der Waals surface area contributed by atoms with E-state index >= 15 is 0 Å². The normalized spacial score (nSPS) is 11.7. The Hall–Kier alpha value is -3.03. The van der Waals surface area contributed by atoms with Gasteiger partial charge < -0.3 is 14.9 Å². The standard InChI is InChI=1S/C19H23N5O6S2/c1-6-29-19(26)17-11(2)12(3)31-18(17)20-16(25)10-30-24-15-9-13(32(27,28)23(4)5)7-8-14(15)21-22-24/h7-9H,6,10H2,1-5H3,(H,20,25). The Morgan fingerprint density at radius 3 is 2.62 bits per heavy atom. The second kappa shape index (κ2) is 9.22. The summed E-state index contributed by atoms with van der Waals surface area (Å²) in [5, 5.41) is 10.8.